The number of hydrogen-bond acceptors (Lipinski definition) is 1. The molecule has 1 aliphatic carbocycles. The number of benzene rings is 1. The molecule has 0 heterocycles. The van der Waals surface area contributed by atoms with Crippen molar-refractivity contribution in [3.8, 4) is 6.07 Å². The van der Waals surface area contributed by atoms with E-state index < -0.39 is 0 Å². The number of aryl methyl sites for hydroxylation is 1. The quantitative estimate of drug-likeness (QED) is 0.755. The first-order valence-electron chi connectivity index (χ1n) is 6.67. The summed E-state index contributed by atoms with van der Waals surface area (Å²) in [7, 11) is 0. The maximum atomic E-state index is 9.58. The predicted molar refractivity (Wildman–Crippen MR) is 70.7 cm³/mol. The second kappa shape index (κ2) is 4.92. The molecule has 0 fully saturated rings. The fraction of sp³-hybridized carbons (Fsp3) is 0.562. The SMILES string of the molecule is CC(C)CCCC1(C#N)CCc2ccccc21. The molecule has 1 aromatic carbocycles. The van der Waals surface area contributed by atoms with Crippen LogP contribution in [0.1, 0.15) is 50.7 Å². The molecule has 17 heavy (non-hydrogen) atoms. The van der Waals surface area contributed by atoms with Crippen LogP contribution in [0.2, 0.25) is 0 Å². The summed E-state index contributed by atoms with van der Waals surface area (Å²) in [4.78, 5) is 0. The highest BCUT2D eigenvalue weighted by molar-refractivity contribution is 5.43. The average Bonchev–Trinajstić information content (AvgIpc) is 2.69. The molecule has 0 radical (unpaired) electrons. The lowest BCUT2D eigenvalue weighted by atomic mass is 9.78. The maximum Gasteiger partial charge on any atom is 0.0828 e. The molecule has 0 saturated carbocycles. The fourth-order valence-electron chi connectivity index (χ4n) is 2.93. The monoisotopic (exact) mass is 227 g/mol. The second-order valence-corrected chi connectivity index (χ2v) is 5.64. The van der Waals surface area contributed by atoms with E-state index in [4.69, 9.17) is 0 Å². The highest BCUT2D eigenvalue weighted by Crippen LogP contribution is 2.42. The Bertz CT molecular complexity index is 427. The zero-order chi connectivity index (χ0) is 12.3. The number of nitrogens with zero attached hydrogens (tertiary/aromatic N) is 1. The van der Waals surface area contributed by atoms with Crippen molar-refractivity contribution in [3.63, 3.8) is 0 Å². The third-order valence-electron chi connectivity index (χ3n) is 3.95. The van der Waals surface area contributed by atoms with Crippen LogP contribution in [0.3, 0.4) is 0 Å². The molecule has 2 rings (SSSR count). The molecule has 1 atom stereocenters. The minimum absolute atomic E-state index is 0.189. The Labute approximate surface area is 104 Å². The average molecular weight is 227 g/mol. The topological polar surface area (TPSA) is 23.8 Å². The largest absolute Gasteiger partial charge is 0.197 e. The summed E-state index contributed by atoms with van der Waals surface area (Å²) in [5.74, 6) is 0.738. The van der Waals surface area contributed by atoms with Crippen molar-refractivity contribution < 1.29 is 0 Å². The van der Waals surface area contributed by atoms with E-state index in [0.717, 1.165) is 25.2 Å². The smallest absolute Gasteiger partial charge is 0.0828 e. The van der Waals surface area contributed by atoms with E-state index >= 15 is 0 Å². The number of hydrogen-bond donors (Lipinski definition) is 0. The van der Waals surface area contributed by atoms with Crippen molar-refractivity contribution >= 4 is 0 Å². The molecule has 1 nitrogen and oxygen atoms in total. The minimum atomic E-state index is -0.189. The molecule has 0 saturated heterocycles. The third-order valence-corrected chi connectivity index (χ3v) is 3.95. The van der Waals surface area contributed by atoms with E-state index in [0.29, 0.717) is 0 Å². The van der Waals surface area contributed by atoms with Crippen molar-refractivity contribution in [3.05, 3.63) is 35.4 Å². The van der Waals surface area contributed by atoms with Gasteiger partial charge in [-0.2, -0.15) is 5.26 Å². The van der Waals surface area contributed by atoms with Crippen LogP contribution in [0.15, 0.2) is 24.3 Å². The van der Waals surface area contributed by atoms with Gasteiger partial charge in [0.15, 0.2) is 0 Å². The van der Waals surface area contributed by atoms with Crippen LogP contribution in [0.5, 0.6) is 0 Å². The molecule has 0 amide bonds. The zero-order valence-electron chi connectivity index (χ0n) is 10.9. The third kappa shape index (κ3) is 2.36. The highest BCUT2D eigenvalue weighted by Gasteiger charge is 2.38. The van der Waals surface area contributed by atoms with Crippen LogP contribution < -0.4 is 0 Å². The van der Waals surface area contributed by atoms with Crippen molar-refractivity contribution in [2.75, 3.05) is 0 Å². The summed E-state index contributed by atoms with van der Waals surface area (Å²) < 4.78 is 0. The lowest BCUT2D eigenvalue weighted by Gasteiger charge is -2.22. The maximum absolute atomic E-state index is 9.58. The van der Waals surface area contributed by atoms with Crippen LogP contribution >= 0.6 is 0 Å². The van der Waals surface area contributed by atoms with Gasteiger partial charge in [-0.05, 0) is 36.3 Å². The molecule has 0 aliphatic heterocycles. The molecule has 1 aliphatic rings. The van der Waals surface area contributed by atoms with Gasteiger partial charge in [0.25, 0.3) is 0 Å². The van der Waals surface area contributed by atoms with Gasteiger partial charge in [0.05, 0.1) is 11.5 Å². The summed E-state index contributed by atoms with van der Waals surface area (Å²) in [5, 5.41) is 9.58. The Kier molecular flexibility index (Phi) is 3.52. The normalized spacial score (nSPS) is 22.5. The molecule has 1 aromatic rings. The van der Waals surface area contributed by atoms with E-state index in [2.05, 4.69) is 44.2 Å². The molecule has 1 unspecified atom stereocenters. The van der Waals surface area contributed by atoms with Gasteiger partial charge in [-0.25, -0.2) is 0 Å². The van der Waals surface area contributed by atoms with Gasteiger partial charge in [0, 0.05) is 0 Å². The molecular weight excluding hydrogens is 206 g/mol. The van der Waals surface area contributed by atoms with E-state index in [9.17, 15) is 5.26 Å². The van der Waals surface area contributed by atoms with Crippen molar-refractivity contribution in [1.29, 1.82) is 5.26 Å². The van der Waals surface area contributed by atoms with E-state index in [1.54, 1.807) is 0 Å². The van der Waals surface area contributed by atoms with E-state index in [1.165, 1.54) is 24.0 Å². The van der Waals surface area contributed by atoms with Gasteiger partial charge in [0.2, 0.25) is 0 Å². The summed E-state index contributed by atoms with van der Waals surface area (Å²) in [6, 6.07) is 11.1. The Morgan fingerprint density at radius 1 is 1.35 bits per heavy atom. The van der Waals surface area contributed by atoms with Gasteiger partial charge < -0.3 is 0 Å². The molecule has 0 N–H and O–H groups in total. The summed E-state index contributed by atoms with van der Waals surface area (Å²) in [6.07, 6.45) is 5.51. The van der Waals surface area contributed by atoms with Gasteiger partial charge in [-0.15, -0.1) is 0 Å². The van der Waals surface area contributed by atoms with Crippen molar-refractivity contribution in [2.45, 2.75) is 51.4 Å². The Hall–Kier alpha value is -1.29. The van der Waals surface area contributed by atoms with Gasteiger partial charge in [-0.3, -0.25) is 0 Å². The summed E-state index contributed by atoms with van der Waals surface area (Å²) >= 11 is 0. The predicted octanol–water partition coefficient (Wildman–Crippen LogP) is 4.22. The summed E-state index contributed by atoms with van der Waals surface area (Å²) in [5.41, 5.74) is 2.50. The Morgan fingerprint density at radius 3 is 2.82 bits per heavy atom. The van der Waals surface area contributed by atoms with Crippen molar-refractivity contribution in [2.24, 2.45) is 5.92 Å². The van der Waals surface area contributed by atoms with Crippen LogP contribution in [0.25, 0.3) is 0 Å². The standard InChI is InChI=1S/C16H21N/c1-13(2)6-5-10-16(12-17)11-9-14-7-3-4-8-15(14)16/h3-4,7-8,13H,5-6,9-11H2,1-2H3. The first-order chi connectivity index (χ1) is 8.18. The van der Waals surface area contributed by atoms with Gasteiger partial charge in [0.1, 0.15) is 0 Å². The van der Waals surface area contributed by atoms with Crippen LogP contribution in [-0.2, 0) is 11.8 Å². The molecule has 0 aromatic heterocycles. The second-order valence-electron chi connectivity index (χ2n) is 5.64. The van der Waals surface area contributed by atoms with Crippen molar-refractivity contribution in [1.82, 2.24) is 0 Å². The van der Waals surface area contributed by atoms with Crippen LogP contribution in [0.4, 0.5) is 0 Å². The lowest BCUT2D eigenvalue weighted by molar-refractivity contribution is 0.439. The molecule has 90 valence electrons. The molecular formula is C16H21N. The van der Waals surface area contributed by atoms with Crippen LogP contribution in [-0.4, -0.2) is 0 Å². The molecule has 0 spiro atoms. The Morgan fingerprint density at radius 2 is 2.12 bits per heavy atom. The van der Waals surface area contributed by atoms with E-state index in [1.807, 2.05) is 0 Å². The fourth-order valence-corrected chi connectivity index (χ4v) is 2.93. The minimum Gasteiger partial charge on any atom is -0.197 e. The molecule has 1 heteroatoms. The van der Waals surface area contributed by atoms with Gasteiger partial charge >= 0.3 is 0 Å². The lowest BCUT2D eigenvalue weighted by Crippen LogP contribution is -2.20. The zero-order valence-corrected chi connectivity index (χ0v) is 10.9. The Balaban J connectivity index is 2.15. The first kappa shape index (κ1) is 12.2. The van der Waals surface area contributed by atoms with E-state index in [-0.39, 0.29) is 5.41 Å². The van der Waals surface area contributed by atoms with Gasteiger partial charge in [-0.1, -0.05) is 51.0 Å². The van der Waals surface area contributed by atoms with Crippen LogP contribution in [0, 0.1) is 17.2 Å². The first-order valence-corrected chi connectivity index (χ1v) is 6.67. The summed E-state index contributed by atoms with van der Waals surface area (Å²) in [6.45, 7) is 4.50. The molecule has 0 bridgehead atoms. The highest BCUT2D eigenvalue weighted by atomic mass is 14.4. The number of fused-ring (bicyclic) bond motifs is 1. The number of nitriles is 1. The number of rotatable bonds is 4.